The van der Waals surface area contributed by atoms with Gasteiger partial charge in [-0.2, -0.15) is 0 Å². The second-order valence-electron chi connectivity index (χ2n) is 16.2. The summed E-state index contributed by atoms with van der Waals surface area (Å²) in [6, 6.07) is 17.5. The highest BCUT2D eigenvalue weighted by atomic mass is 16.6. The van der Waals surface area contributed by atoms with E-state index in [-0.39, 0.29) is 56.4 Å². The molecule has 1 saturated heterocycles. The fraction of sp³-hybridized carbons (Fsp3) is 0.413. The highest BCUT2D eigenvalue weighted by Gasteiger charge is 2.44. The number of benzene rings is 3. The van der Waals surface area contributed by atoms with Crippen LogP contribution in [-0.4, -0.2) is 106 Å². The number of rotatable bonds is 22. The van der Waals surface area contributed by atoms with Gasteiger partial charge in [0.2, 0.25) is 29.4 Å². The monoisotopic (exact) mass is 884 g/mol. The summed E-state index contributed by atoms with van der Waals surface area (Å²) in [4.78, 5) is 120. The Hall–Kier alpha value is -6.95. The molecule has 1 fully saturated rings. The molecule has 64 heavy (non-hydrogen) atoms. The minimum Gasteiger partial charge on any atom is -0.478 e. The van der Waals surface area contributed by atoms with Crippen LogP contribution in [-0.2, 0) is 49.6 Å². The zero-order valence-electron chi connectivity index (χ0n) is 36.3. The van der Waals surface area contributed by atoms with E-state index >= 15 is 0 Å². The molecule has 1 heterocycles. The number of aromatic carboxylic acids is 1. The first-order valence-electron chi connectivity index (χ1n) is 21.0. The molecule has 0 aliphatic carbocycles. The number of hydrogen-bond acceptors (Lipinski definition) is 11. The van der Waals surface area contributed by atoms with Gasteiger partial charge in [-0.25, -0.2) is 4.79 Å². The molecule has 342 valence electrons. The number of esters is 1. The van der Waals surface area contributed by atoms with Crippen LogP contribution in [0, 0.1) is 0 Å². The molecule has 18 heteroatoms. The molecular formula is C46H56N6O12. The number of carboxylic acid groups (broad SMARTS) is 1. The van der Waals surface area contributed by atoms with Crippen LogP contribution in [0.5, 0.6) is 0 Å². The Morgan fingerprint density at radius 3 is 2.05 bits per heavy atom. The third-order valence-electron chi connectivity index (χ3n) is 10.0. The topological polar surface area (TPSA) is 270 Å². The quantitative estimate of drug-likeness (QED) is 0.0628. The van der Waals surface area contributed by atoms with Crippen LogP contribution in [0.25, 0.3) is 0 Å². The van der Waals surface area contributed by atoms with E-state index in [0.717, 1.165) is 5.56 Å². The minimum absolute atomic E-state index is 0.00286. The SMILES string of the molecule is CCCC(NC(=O)C1CC(OCc2ccccc2)CN1C(=O)C(CCCC(=O)OC(C)(C)C)NC(=O)c1ccccc1C(=O)O)C(=O)C(=O)NCC(=O)NC(C(N)=O)c1ccccc1. The van der Waals surface area contributed by atoms with Crippen molar-refractivity contribution < 1.29 is 57.7 Å². The summed E-state index contributed by atoms with van der Waals surface area (Å²) < 4.78 is 11.6. The number of ketones is 1. The summed E-state index contributed by atoms with van der Waals surface area (Å²) in [5.41, 5.74) is 5.38. The number of carboxylic acids is 1. The predicted molar refractivity (Wildman–Crippen MR) is 231 cm³/mol. The largest absolute Gasteiger partial charge is 0.478 e. The minimum atomic E-state index is -1.39. The van der Waals surface area contributed by atoms with Crippen molar-refractivity contribution in [3.63, 3.8) is 0 Å². The first kappa shape index (κ1) is 49.7. The van der Waals surface area contributed by atoms with Crippen molar-refractivity contribution in [1.82, 2.24) is 26.2 Å². The predicted octanol–water partition coefficient (Wildman–Crippen LogP) is 2.49. The summed E-state index contributed by atoms with van der Waals surface area (Å²) in [6.45, 7) is 6.11. The molecule has 6 amide bonds. The second-order valence-corrected chi connectivity index (χ2v) is 16.2. The molecule has 0 radical (unpaired) electrons. The number of nitrogens with zero attached hydrogens (tertiary/aromatic N) is 1. The fourth-order valence-electron chi connectivity index (χ4n) is 7.01. The van der Waals surface area contributed by atoms with E-state index in [1.54, 1.807) is 58.0 Å². The maximum absolute atomic E-state index is 14.6. The van der Waals surface area contributed by atoms with Gasteiger partial charge in [0.1, 0.15) is 23.7 Å². The van der Waals surface area contributed by atoms with Gasteiger partial charge in [-0.3, -0.25) is 38.4 Å². The molecule has 5 atom stereocenters. The van der Waals surface area contributed by atoms with Gasteiger partial charge in [0.25, 0.3) is 11.8 Å². The lowest BCUT2D eigenvalue weighted by Gasteiger charge is -2.30. The van der Waals surface area contributed by atoms with E-state index in [9.17, 15) is 48.3 Å². The van der Waals surface area contributed by atoms with Crippen LogP contribution in [0.4, 0.5) is 0 Å². The summed E-state index contributed by atoms with van der Waals surface area (Å²) in [5, 5.41) is 19.6. The first-order valence-corrected chi connectivity index (χ1v) is 21.0. The zero-order valence-corrected chi connectivity index (χ0v) is 36.3. The summed E-state index contributed by atoms with van der Waals surface area (Å²) in [6.07, 6.45) is -0.612. The van der Waals surface area contributed by atoms with Crippen LogP contribution in [0.15, 0.2) is 84.9 Å². The average Bonchev–Trinajstić information content (AvgIpc) is 3.70. The van der Waals surface area contributed by atoms with E-state index in [4.69, 9.17) is 15.2 Å². The Labute approximate surface area is 371 Å². The Kier molecular flexibility index (Phi) is 18.2. The maximum Gasteiger partial charge on any atom is 0.336 e. The van der Waals surface area contributed by atoms with Crippen molar-refractivity contribution in [3.05, 3.63) is 107 Å². The molecular weight excluding hydrogens is 829 g/mol. The van der Waals surface area contributed by atoms with Gasteiger partial charge >= 0.3 is 11.9 Å². The van der Waals surface area contributed by atoms with Crippen molar-refractivity contribution >= 4 is 53.2 Å². The van der Waals surface area contributed by atoms with Gasteiger partial charge in [-0.1, -0.05) is 86.1 Å². The standard InChI is InChI=1S/C46H56N6O12/c1-5-15-33(39(55)43(59)48-25-36(53)51-38(40(47)56)29-18-10-7-11-19-29)49-42(58)35-24-30(63-27-28-16-8-6-9-17-28)26-52(35)44(60)34(22-14-23-37(54)64-46(2,3)4)50-41(57)31-20-12-13-21-32(31)45(61)62/h6-13,16-21,30,33-35,38H,5,14-15,22-27H2,1-4H3,(H2,47,56)(H,48,59)(H,49,58)(H,50,57)(H,51,53)(H,61,62). The number of nitrogens with two attached hydrogens (primary N) is 1. The molecule has 0 saturated carbocycles. The van der Waals surface area contributed by atoms with Gasteiger partial charge < -0.3 is 46.5 Å². The molecule has 3 aromatic carbocycles. The molecule has 3 aromatic rings. The normalized spacial score (nSPS) is 16.0. The van der Waals surface area contributed by atoms with E-state index in [1.807, 2.05) is 30.3 Å². The van der Waals surface area contributed by atoms with Gasteiger partial charge in [-0.05, 0) is 63.3 Å². The van der Waals surface area contributed by atoms with Gasteiger partial charge in [0.05, 0.1) is 36.4 Å². The number of carbonyl (C=O) groups excluding carboxylic acids is 8. The average molecular weight is 885 g/mol. The number of likely N-dealkylation sites (tertiary alicyclic amines) is 1. The lowest BCUT2D eigenvalue weighted by atomic mass is 10.0. The lowest BCUT2D eigenvalue weighted by Crippen LogP contribution is -2.56. The second kappa shape index (κ2) is 23.5. The summed E-state index contributed by atoms with van der Waals surface area (Å²) in [5.74, 6) is -8.29. The van der Waals surface area contributed by atoms with E-state index < -0.39 is 95.6 Å². The molecule has 4 rings (SSSR count). The molecule has 0 bridgehead atoms. The van der Waals surface area contributed by atoms with E-state index in [0.29, 0.717) is 12.0 Å². The number of ether oxygens (including phenoxy) is 2. The van der Waals surface area contributed by atoms with Crippen molar-refractivity contribution in [3.8, 4) is 0 Å². The van der Waals surface area contributed by atoms with Crippen LogP contribution in [0.1, 0.15) is 104 Å². The number of hydrogen-bond donors (Lipinski definition) is 6. The first-order chi connectivity index (χ1) is 30.4. The van der Waals surface area contributed by atoms with Gasteiger partial charge in [0, 0.05) is 19.4 Å². The van der Waals surface area contributed by atoms with Crippen molar-refractivity contribution in [1.29, 1.82) is 0 Å². The van der Waals surface area contributed by atoms with Crippen molar-refractivity contribution in [2.45, 2.75) is 109 Å². The smallest absolute Gasteiger partial charge is 0.336 e. The summed E-state index contributed by atoms with van der Waals surface area (Å²) in [7, 11) is 0. The maximum atomic E-state index is 14.6. The zero-order chi connectivity index (χ0) is 47.0. The molecule has 1 aliphatic heterocycles. The number of amides is 6. The highest BCUT2D eigenvalue weighted by molar-refractivity contribution is 6.38. The Bertz CT molecular complexity index is 2160. The number of carbonyl (C=O) groups is 9. The van der Waals surface area contributed by atoms with Crippen LogP contribution < -0.4 is 27.0 Å². The Balaban J connectivity index is 1.55. The van der Waals surface area contributed by atoms with E-state index in [1.165, 1.54) is 29.2 Å². The molecule has 0 aromatic heterocycles. The molecule has 1 aliphatic rings. The number of primary amides is 1. The molecule has 7 N–H and O–H groups in total. The van der Waals surface area contributed by atoms with Gasteiger partial charge in [-0.15, -0.1) is 0 Å². The number of nitrogens with one attached hydrogen (secondary N) is 4. The van der Waals surface area contributed by atoms with Crippen LogP contribution in [0.3, 0.4) is 0 Å². The highest BCUT2D eigenvalue weighted by Crippen LogP contribution is 2.25. The van der Waals surface area contributed by atoms with Crippen LogP contribution >= 0.6 is 0 Å². The Morgan fingerprint density at radius 1 is 0.812 bits per heavy atom. The Morgan fingerprint density at radius 2 is 1.44 bits per heavy atom. The van der Waals surface area contributed by atoms with E-state index in [2.05, 4.69) is 21.3 Å². The molecule has 0 spiro atoms. The van der Waals surface area contributed by atoms with Crippen molar-refractivity contribution in [2.24, 2.45) is 5.73 Å². The fourth-order valence-corrected chi connectivity index (χ4v) is 7.01. The summed E-state index contributed by atoms with van der Waals surface area (Å²) >= 11 is 0. The molecule has 18 nitrogen and oxygen atoms in total. The number of Topliss-reactive ketones (excluding diaryl/α,β-unsaturated/α-hetero) is 1. The third-order valence-corrected chi connectivity index (χ3v) is 10.0. The van der Waals surface area contributed by atoms with Gasteiger partial charge in [0.15, 0.2) is 0 Å². The molecule has 5 unspecified atom stereocenters. The lowest BCUT2D eigenvalue weighted by molar-refractivity contribution is -0.155. The third kappa shape index (κ3) is 14.9. The van der Waals surface area contributed by atoms with Crippen molar-refractivity contribution in [2.75, 3.05) is 13.1 Å². The van der Waals surface area contributed by atoms with Crippen LogP contribution in [0.2, 0.25) is 0 Å².